The summed E-state index contributed by atoms with van der Waals surface area (Å²) < 4.78 is 0. The lowest BCUT2D eigenvalue weighted by Gasteiger charge is -2.02. The van der Waals surface area contributed by atoms with Crippen LogP contribution in [0.5, 0.6) is 0 Å². The van der Waals surface area contributed by atoms with Crippen molar-refractivity contribution in [3.05, 3.63) is 0 Å². The van der Waals surface area contributed by atoms with E-state index in [-0.39, 0.29) is 0 Å². The Kier molecular flexibility index (Phi) is 13.5. The molecule has 0 aliphatic heterocycles. The second kappa shape index (κ2) is 12.2. The van der Waals surface area contributed by atoms with Crippen molar-refractivity contribution >= 4 is 40.3 Å². The zero-order valence-electron chi connectivity index (χ0n) is 7.97. The van der Waals surface area contributed by atoms with Gasteiger partial charge < -0.3 is 5.32 Å². The molecule has 0 radical (unpaired) electrons. The lowest BCUT2D eigenvalue weighted by Crippen LogP contribution is -2.16. The normalized spacial score (nSPS) is 10.8. The SMILES string of the molecule is CCCCNCCCSSS[SiH3]. The lowest BCUT2D eigenvalue weighted by atomic mass is 10.3. The summed E-state index contributed by atoms with van der Waals surface area (Å²) in [4.78, 5) is 0. The first-order valence-corrected chi connectivity index (χ1v) is 11.0. The van der Waals surface area contributed by atoms with Crippen LogP contribution in [0.4, 0.5) is 0 Å². The summed E-state index contributed by atoms with van der Waals surface area (Å²) in [6.07, 6.45) is 3.93. The Morgan fingerprint density at radius 1 is 1.25 bits per heavy atom. The number of rotatable bonds is 9. The molecule has 0 saturated heterocycles. The molecule has 0 spiro atoms. The maximum absolute atomic E-state index is 3.44. The Labute approximate surface area is 90.5 Å². The van der Waals surface area contributed by atoms with Crippen molar-refractivity contribution in [1.29, 1.82) is 0 Å². The van der Waals surface area contributed by atoms with E-state index in [2.05, 4.69) is 12.2 Å². The monoisotopic (exact) mass is 241 g/mol. The Morgan fingerprint density at radius 2 is 2.00 bits per heavy atom. The van der Waals surface area contributed by atoms with Crippen LogP contribution < -0.4 is 5.32 Å². The highest BCUT2D eigenvalue weighted by atomic mass is 33.5. The molecule has 0 aromatic rings. The third-order valence-electron chi connectivity index (χ3n) is 1.40. The standard InChI is InChI=1S/C7H19NS3Si/c1-2-3-5-8-6-4-7-9-10-11-12/h8H,2-7H2,1,12H3. The van der Waals surface area contributed by atoms with Crippen molar-refractivity contribution in [2.75, 3.05) is 18.8 Å². The first kappa shape index (κ1) is 13.2. The smallest absolute Gasteiger partial charge is 0.0846 e. The summed E-state index contributed by atoms with van der Waals surface area (Å²) in [6.45, 7) is 4.62. The van der Waals surface area contributed by atoms with Gasteiger partial charge in [-0.05, 0) is 35.8 Å². The fourth-order valence-electron chi connectivity index (χ4n) is 0.765. The first-order valence-electron chi connectivity index (χ1n) is 4.44. The number of hydrogen-bond donors (Lipinski definition) is 1. The van der Waals surface area contributed by atoms with Gasteiger partial charge in [-0.1, -0.05) is 24.1 Å². The van der Waals surface area contributed by atoms with Gasteiger partial charge in [-0.15, -0.1) is 10.2 Å². The summed E-state index contributed by atoms with van der Waals surface area (Å²) >= 11 is 0. The molecule has 0 bridgehead atoms. The van der Waals surface area contributed by atoms with Gasteiger partial charge in [0.2, 0.25) is 0 Å². The molecular formula is C7H19NS3Si. The summed E-state index contributed by atoms with van der Waals surface area (Å²) in [5.41, 5.74) is 0. The summed E-state index contributed by atoms with van der Waals surface area (Å²) in [7, 11) is 7.16. The fourth-order valence-corrected chi connectivity index (χ4v) is 6.11. The number of hydrogen-bond acceptors (Lipinski definition) is 4. The minimum atomic E-state index is 1.19. The summed E-state index contributed by atoms with van der Waals surface area (Å²) in [6, 6.07) is 0. The van der Waals surface area contributed by atoms with Crippen LogP contribution in [0.25, 0.3) is 0 Å². The van der Waals surface area contributed by atoms with Gasteiger partial charge in [-0.3, -0.25) is 0 Å². The maximum Gasteiger partial charge on any atom is 0.0846 e. The molecule has 1 nitrogen and oxygen atoms in total. The molecule has 1 N–H and O–H groups in total. The Hall–Kier alpha value is 1.23. The predicted molar refractivity (Wildman–Crippen MR) is 70.0 cm³/mol. The van der Waals surface area contributed by atoms with E-state index in [9.17, 15) is 0 Å². The largest absolute Gasteiger partial charge is 0.317 e. The van der Waals surface area contributed by atoms with Crippen LogP contribution in [-0.2, 0) is 0 Å². The molecule has 0 aromatic heterocycles. The highest BCUT2D eigenvalue weighted by Gasteiger charge is 1.89. The molecule has 0 atom stereocenters. The van der Waals surface area contributed by atoms with Gasteiger partial charge in [0.15, 0.2) is 0 Å². The van der Waals surface area contributed by atoms with Gasteiger partial charge in [0.1, 0.15) is 0 Å². The van der Waals surface area contributed by atoms with Crippen molar-refractivity contribution in [2.24, 2.45) is 0 Å². The minimum Gasteiger partial charge on any atom is -0.317 e. The van der Waals surface area contributed by atoms with Crippen LogP contribution in [0.1, 0.15) is 26.2 Å². The van der Waals surface area contributed by atoms with Crippen molar-refractivity contribution in [3.63, 3.8) is 0 Å². The summed E-state index contributed by atoms with van der Waals surface area (Å²) in [5, 5.41) is 3.44. The van der Waals surface area contributed by atoms with Gasteiger partial charge in [-0.2, -0.15) is 0 Å². The second-order valence-electron chi connectivity index (χ2n) is 2.51. The van der Waals surface area contributed by atoms with Crippen LogP contribution in [0.3, 0.4) is 0 Å². The molecule has 0 rings (SSSR count). The third kappa shape index (κ3) is 11.2. The van der Waals surface area contributed by atoms with Crippen LogP contribution in [0.2, 0.25) is 0 Å². The van der Waals surface area contributed by atoms with Crippen molar-refractivity contribution in [2.45, 2.75) is 26.2 Å². The average molecular weight is 242 g/mol. The van der Waals surface area contributed by atoms with Crippen LogP contribution in [-0.4, -0.2) is 28.2 Å². The average Bonchev–Trinajstić information content (AvgIpc) is 2.10. The summed E-state index contributed by atoms with van der Waals surface area (Å²) in [5.74, 6) is 1.29. The molecule has 0 saturated carbocycles. The van der Waals surface area contributed by atoms with Crippen LogP contribution in [0.15, 0.2) is 0 Å². The molecule has 5 heteroatoms. The molecule has 12 heavy (non-hydrogen) atoms. The van der Waals surface area contributed by atoms with Crippen LogP contribution >= 0.6 is 30.9 Å². The zero-order valence-corrected chi connectivity index (χ0v) is 12.4. The molecule has 0 unspecified atom stereocenters. The Bertz CT molecular complexity index is 75.1. The topological polar surface area (TPSA) is 12.0 Å². The number of nitrogens with one attached hydrogen (secondary N) is 1. The van der Waals surface area contributed by atoms with E-state index in [1.54, 1.807) is 0 Å². The van der Waals surface area contributed by atoms with Crippen molar-refractivity contribution < 1.29 is 0 Å². The molecule has 0 aromatic carbocycles. The third-order valence-corrected chi connectivity index (χ3v) is 9.05. The van der Waals surface area contributed by atoms with E-state index < -0.39 is 0 Å². The Morgan fingerprint density at radius 3 is 2.67 bits per heavy atom. The minimum absolute atomic E-state index is 1.19. The molecule has 0 aliphatic carbocycles. The van der Waals surface area contributed by atoms with Gasteiger partial charge >= 0.3 is 0 Å². The van der Waals surface area contributed by atoms with Gasteiger partial charge in [0.25, 0.3) is 0 Å². The second-order valence-corrected chi connectivity index (χ2v) is 9.97. The van der Waals surface area contributed by atoms with E-state index in [1.807, 2.05) is 30.9 Å². The lowest BCUT2D eigenvalue weighted by molar-refractivity contribution is 0.635. The molecule has 74 valence electrons. The highest BCUT2D eigenvalue weighted by molar-refractivity contribution is 9.13. The van der Waals surface area contributed by atoms with E-state index in [0.717, 1.165) is 0 Å². The van der Waals surface area contributed by atoms with Crippen molar-refractivity contribution in [1.82, 2.24) is 5.32 Å². The van der Waals surface area contributed by atoms with E-state index in [1.165, 1.54) is 47.5 Å². The fraction of sp³-hybridized carbons (Fsp3) is 1.00. The van der Waals surface area contributed by atoms with Gasteiger partial charge in [-0.25, -0.2) is 0 Å². The highest BCUT2D eigenvalue weighted by Crippen LogP contribution is 2.31. The molecule has 0 aliphatic rings. The van der Waals surface area contributed by atoms with Gasteiger partial charge in [0, 0.05) is 5.75 Å². The van der Waals surface area contributed by atoms with Crippen LogP contribution in [0, 0.1) is 0 Å². The molecule has 0 heterocycles. The zero-order chi connectivity index (χ0) is 9.07. The van der Waals surface area contributed by atoms with E-state index in [0.29, 0.717) is 0 Å². The quantitative estimate of drug-likeness (QED) is 0.377. The maximum atomic E-state index is 3.44. The number of unbranched alkanes of at least 4 members (excludes halogenated alkanes) is 1. The van der Waals surface area contributed by atoms with E-state index >= 15 is 0 Å². The molecule has 0 amide bonds. The molecular weight excluding hydrogens is 222 g/mol. The van der Waals surface area contributed by atoms with E-state index in [4.69, 9.17) is 0 Å². The van der Waals surface area contributed by atoms with Crippen molar-refractivity contribution in [3.8, 4) is 0 Å². The van der Waals surface area contributed by atoms with Gasteiger partial charge in [0.05, 0.1) is 9.39 Å². The first-order chi connectivity index (χ1) is 5.91. The predicted octanol–water partition coefficient (Wildman–Crippen LogP) is 2.08. The Balaban J connectivity index is 2.73. The molecule has 0 fully saturated rings.